The first-order chi connectivity index (χ1) is 15.8. The molecule has 1 aromatic heterocycles. The minimum absolute atomic E-state index is 0.0557. The van der Waals surface area contributed by atoms with Crippen LogP contribution in [0.1, 0.15) is 30.9 Å². The maximum absolute atomic E-state index is 13.1. The molecule has 9 heteroatoms. The Labute approximate surface area is 195 Å². The van der Waals surface area contributed by atoms with Gasteiger partial charge < -0.3 is 14.2 Å². The lowest BCUT2D eigenvalue weighted by molar-refractivity contribution is 0.0519. The van der Waals surface area contributed by atoms with Crippen molar-refractivity contribution in [2.45, 2.75) is 42.7 Å². The van der Waals surface area contributed by atoms with Gasteiger partial charge in [0.05, 0.1) is 17.7 Å². The van der Waals surface area contributed by atoms with Crippen LogP contribution in [-0.2, 0) is 16.6 Å². The smallest absolute Gasteiger partial charge is 0.261 e. The lowest BCUT2D eigenvalue weighted by Crippen LogP contribution is -2.53. The Balaban J connectivity index is 1.44. The second-order valence-corrected chi connectivity index (χ2v) is 11.3. The Morgan fingerprint density at radius 2 is 1.73 bits per heavy atom. The summed E-state index contributed by atoms with van der Waals surface area (Å²) in [4.78, 5) is 17.9. The van der Waals surface area contributed by atoms with Crippen LogP contribution in [-0.4, -0.2) is 69.2 Å². The third kappa shape index (κ3) is 4.41. The van der Waals surface area contributed by atoms with Crippen LogP contribution in [0.4, 0.5) is 5.69 Å². The molecule has 0 saturated carbocycles. The second kappa shape index (κ2) is 8.77. The molecule has 178 valence electrons. The van der Waals surface area contributed by atoms with E-state index in [1.807, 2.05) is 0 Å². The Morgan fingerprint density at radius 1 is 1.00 bits per heavy atom. The first kappa shape index (κ1) is 22.4. The van der Waals surface area contributed by atoms with E-state index >= 15 is 0 Å². The second-order valence-electron chi connectivity index (χ2n) is 9.65. The third-order valence-corrected chi connectivity index (χ3v) is 8.82. The number of methoxy groups -OCH3 is 1. The molecule has 33 heavy (non-hydrogen) atoms. The standard InChI is InChI=1S/C24H32N4O4S/c1-26-11-9-19(10-12-26)27-14-17-13-18(16-27)24-22(7-8-23(29)28(24)15-17)25-33(30,31)21-5-3-20(32-2)4-6-21/h3-8,17-19,25H,9-16H2,1-2H3/t17-,18+/m0/s1. The molecule has 8 nitrogen and oxygen atoms in total. The zero-order valence-corrected chi connectivity index (χ0v) is 20.1. The molecule has 2 atom stereocenters. The van der Waals surface area contributed by atoms with Crippen LogP contribution in [0, 0.1) is 5.92 Å². The molecule has 3 aliphatic rings. The Morgan fingerprint density at radius 3 is 2.42 bits per heavy atom. The van der Waals surface area contributed by atoms with Crippen molar-refractivity contribution in [3.05, 3.63) is 52.4 Å². The molecule has 2 aromatic rings. The summed E-state index contributed by atoms with van der Waals surface area (Å²) in [5.41, 5.74) is 1.28. The lowest BCUT2D eigenvalue weighted by Gasteiger charge is -2.47. The molecule has 0 unspecified atom stereocenters. The summed E-state index contributed by atoms with van der Waals surface area (Å²) < 4.78 is 36.0. The van der Waals surface area contributed by atoms with Gasteiger partial charge in [0.15, 0.2) is 0 Å². The van der Waals surface area contributed by atoms with E-state index in [2.05, 4.69) is 21.6 Å². The highest BCUT2D eigenvalue weighted by Gasteiger charge is 2.39. The number of nitrogens with zero attached hydrogens (tertiary/aromatic N) is 3. The van der Waals surface area contributed by atoms with Gasteiger partial charge in [0.25, 0.3) is 15.6 Å². The fourth-order valence-corrected chi connectivity index (χ4v) is 6.83. The molecule has 4 heterocycles. The number of anilines is 1. The van der Waals surface area contributed by atoms with Crippen molar-refractivity contribution < 1.29 is 13.2 Å². The van der Waals surface area contributed by atoms with Gasteiger partial charge in [-0.2, -0.15) is 0 Å². The third-order valence-electron chi connectivity index (χ3n) is 7.44. The number of ether oxygens (including phenoxy) is 1. The number of rotatable bonds is 5. The predicted molar refractivity (Wildman–Crippen MR) is 127 cm³/mol. The van der Waals surface area contributed by atoms with E-state index in [0.29, 0.717) is 29.9 Å². The summed E-state index contributed by atoms with van der Waals surface area (Å²) in [6, 6.07) is 9.99. The van der Waals surface area contributed by atoms with E-state index in [-0.39, 0.29) is 16.4 Å². The van der Waals surface area contributed by atoms with Gasteiger partial charge in [-0.05, 0) is 75.6 Å². The fraction of sp³-hybridized carbons (Fsp3) is 0.542. The van der Waals surface area contributed by atoms with E-state index in [0.717, 1.165) is 51.1 Å². The normalized spacial score (nSPS) is 24.3. The number of fused-ring (bicyclic) bond motifs is 4. The summed E-state index contributed by atoms with van der Waals surface area (Å²) in [6.45, 7) is 4.75. The topological polar surface area (TPSA) is 83.9 Å². The van der Waals surface area contributed by atoms with Crippen molar-refractivity contribution in [2.24, 2.45) is 5.92 Å². The number of pyridine rings is 1. The van der Waals surface area contributed by atoms with Gasteiger partial charge in [0.1, 0.15) is 5.75 Å². The fourth-order valence-electron chi connectivity index (χ4n) is 5.76. The number of benzene rings is 1. The summed E-state index contributed by atoms with van der Waals surface area (Å²) in [6.07, 6.45) is 3.31. The van der Waals surface area contributed by atoms with Crippen LogP contribution >= 0.6 is 0 Å². The molecule has 2 bridgehead atoms. The highest BCUT2D eigenvalue weighted by Crippen LogP contribution is 2.40. The predicted octanol–water partition coefficient (Wildman–Crippen LogP) is 2.17. The van der Waals surface area contributed by atoms with Gasteiger partial charge >= 0.3 is 0 Å². The summed E-state index contributed by atoms with van der Waals surface area (Å²) in [5, 5.41) is 0. The zero-order valence-electron chi connectivity index (χ0n) is 19.2. The van der Waals surface area contributed by atoms with Crippen LogP contribution in [0.2, 0.25) is 0 Å². The average Bonchev–Trinajstić information content (AvgIpc) is 2.81. The average molecular weight is 473 g/mol. The largest absolute Gasteiger partial charge is 0.497 e. The van der Waals surface area contributed by atoms with Crippen LogP contribution in [0.15, 0.2) is 46.1 Å². The van der Waals surface area contributed by atoms with E-state index < -0.39 is 10.0 Å². The molecular formula is C24H32N4O4S. The van der Waals surface area contributed by atoms with Crippen molar-refractivity contribution >= 4 is 15.7 Å². The van der Waals surface area contributed by atoms with Gasteiger partial charge in [-0.25, -0.2) is 8.42 Å². The van der Waals surface area contributed by atoms with Crippen molar-refractivity contribution in [2.75, 3.05) is 45.1 Å². The minimum Gasteiger partial charge on any atom is -0.497 e. The van der Waals surface area contributed by atoms with Gasteiger partial charge in [-0.3, -0.25) is 14.4 Å². The van der Waals surface area contributed by atoms with Gasteiger partial charge in [0, 0.05) is 43.4 Å². The number of sulfonamides is 1. The molecule has 5 rings (SSSR count). The zero-order chi connectivity index (χ0) is 23.2. The van der Waals surface area contributed by atoms with Crippen molar-refractivity contribution in [1.82, 2.24) is 14.4 Å². The Hall–Kier alpha value is -2.36. The first-order valence-electron chi connectivity index (χ1n) is 11.7. The maximum Gasteiger partial charge on any atom is 0.261 e. The summed E-state index contributed by atoms with van der Waals surface area (Å²) in [7, 11) is -0.0766. The number of nitrogens with one attached hydrogen (secondary N) is 1. The van der Waals surface area contributed by atoms with E-state index in [4.69, 9.17) is 4.74 Å². The number of hydrogen-bond acceptors (Lipinski definition) is 6. The summed E-state index contributed by atoms with van der Waals surface area (Å²) in [5.74, 6) is 1.15. The molecule has 0 aliphatic carbocycles. The molecule has 2 fully saturated rings. The Kier molecular flexibility index (Phi) is 5.96. The van der Waals surface area contributed by atoms with Gasteiger partial charge in [0.2, 0.25) is 0 Å². The van der Waals surface area contributed by atoms with E-state index in [1.165, 1.54) is 18.2 Å². The minimum atomic E-state index is -3.79. The number of hydrogen-bond donors (Lipinski definition) is 1. The van der Waals surface area contributed by atoms with Crippen LogP contribution < -0.4 is 15.0 Å². The molecule has 0 spiro atoms. The lowest BCUT2D eigenvalue weighted by atomic mass is 9.81. The quantitative estimate of drug-likeness (QED) is 0.718. The SMILES string of the molecule is COc1ccc(S(=O)(=O)Nc2ccc(=O)n3c2[C@@H]2C[C@@H](CN(C4CCN(C)CC4)C2)C3)cc1. The number of likely N-dealkylation sites (tertiary alicyclic amines) is 2. The van der Waals surface area contributed by atoms with Crippen LogP contribution in [0.5, 0.6) is 5.75 Å². The number of aromatic nitrogens is 1. The molecule has 1 N–H and O–H groups in total. The highest BCUT2D eigenvalue weighted by molar-refractivity contribution is 7.92. The van der Waals surface area contributed by atoms with Crippen molar-refractivity contribution in [3.8, 4) is 5.75 Å². The van der Waals surface area contributed by atoms with Gasteiger partial charge in [-0.15, -0.1) is 0 Å². The molecular weight excluding hydrogens is 440 g/mol. The van der Waals surface area contributed by atoms with Crippen LogP contribution in [0.25, 0.3) is 0 Å². The Bertz CT molecular complexity index is 1170. The van der Waals surface area contributed by atoms with Gasteiger partial charge in [-0.1, -0.05) is 0 Å². The van der Waals surface area contributed by atoms with Crippen molar-refractivity contribution in [3.63, 3.8) is 0 Å². The van der Waals surface area contributed by atoms with Crippen molar-refractivity contribution in [1.29, 1.82) is 0 Å². The number of piperidine rings is 2. The van der Waals surface area contributed by atoms with Crippen LogP contribution in [0.3, 0.4) is 0 Å². The first-order valence-corrected chi connectivity index (χ1v) is 13.2. The molecule has 1 aromatic carbocycles. The summed E-state index contributed by atoms with van der Waals surface area (Å²) >= 11 is 0. The maximum atomic E-state index is 13.1. The molecule has 0 amide bonds. The monoisotopic (exact) mass is 472 g/mol. The van der Waals surface area contributed by atoms with E-state index in [9.17, 15) is 13.2 Å². The molecule has 3 aliphatic heterocycles. The molecule has 2 saturated heterocycles. The van der Waals surface area contributed by atoms with E-state index in [1.54, 1.807) is 29.9 Å². The molecule has 0 radical (unpaired) electrons. The highest BCUT2D eigenvalue weighted by atomic mass is 32.2.